The molecule has 0 heterocycles. The largest absolute Gasteiger partial charge is 0.352 e. The quantitative estimate of drug-likeness (QED) is 0.902. The molecule has 0 aliphatic carbocycles. The molecule has 1 amide bonds. The van der Waals surface area contributed by atoms with Crippen LogP contribution in [-0.2, 0) is 14.8 Å². The van der Waals surface area contributed by atoms with Crippen molar-refractivity contribution < 1.29 is 13.2 Å². The second-order valence-electron chi connectivity index (χ2n) is 4.92. The van der Waals surface area contributed by atoms with Crippen LogP contribution in [0.2, 0.25) is 5.02 Å². The van der Waals surface area contributed by atoms with E-state index in [1.807, 2.05) is 13.8 Å². The number of nitrogens with zero attached hydrogens (tertiary/aromatic N) is 1. The minimum atomic E-state index is -3.57. The van der Waals surface area contributed by atoms with Crippen molar-refractivity contribution in [3.8, 4) is 0 Å². The van der Waals surface area contributed by atoms with Crippen molar-refractivity contribution in [1.82, 2.24) is 5.32 Å². The van der Waals surface area contributed by atoms with E-state index in [0.717, 1.165) is 16.1 Å². The molecule has 1 aromatic carbocycles. The first-order valence-corrected chi connectivity index (χ1v) is 8.37. The summed E-state index contributed by atoms with van der Waals surface area (Å²) in [6, 6.07) is 4.88. The number of aryl methyl sites for hydroxylation is 1. The number of carbonyl (C=O) groups excluding carboxylic acids is 1. The fourth-order valence-electron chi connectivity index (χ4n) is 1.73. The van der Waals surface area contributed by atoms with Gasteiger partial charge < -0.3 is 5.32 Å². The lowest BCUT2D eigenvalue weighted by Gasteiger charge is -2.24. The van der Waals surface area contributed by atoms with Crippen molar-refractivity contribution in [1.29, 1.82) is 0 Å². The highest BCUT2D eigenvalue weighted by Crippen LogP contribution is 2.26. The van der Waals surface area contributed by atoms with Gasteiger partial charge in [-0.2, -0.15) is 0 Å². The Morgan fingerprint density at radius 2 is 2.00 bits per heavy atom. The van der Waals surface area contributed by atoms with Crippen LogP contribution < -0.4 is 9.62 Å². The molecular weight excluding hydrogens is 300 g/mol. The molecule has 0 aliphatic rings. The maximum Gasteiger partial charge on any atom is 0.240 e. The van der Waals surface area contributed by atoms with Gasteiger partial charge >= 0.3 is 0 Å². The first kappa shape index (κ1) is 16.8. The standard InChI is InChI=1S/C13H19ClN2O3S/c1-9(2)15-13(17)8-16(20(4,18)19)12-7-11(14)6-5-10(12)3/h5-7,9H,8H2,1-4H3,(H,15,17). The Bertz CT molecular complexity index is 600. The molecule has 7 heteroatoms. The fraction of sp³-hybridized carbons (Fsp3) is 0.462. The van der Waals surface area contributed by atoms with Crippen LogP contribution >= 0.6 is 11.6 Å². The van der Waals surface area contributed by atoms with Crippen molar-refractivity contribution >= 4 is 33.2 Å². The molecule has 112 valence electrons. The van der Waals surface area contributed by atoms with Crippen LogP contribution in [0.5, 0.6) is 0 Å². The summed E-state index contributed by atoms with van der Waals surface area (Å²) in [6.07, 6.45) is 1.07. The third-order valence-corrected chi connectivity index (χ3v) is 3.94. The molecule has 0 bridgehead atoms. The summed E-state index contributed by atoms with van der Waals surface area (Å²) in [5.74, 6) is -0.357. The van der Waals surface area contributed by atoms with Crippen LogP contribution in [-0.4, -0.2) is 33.2 Å². The average Bonchev–Trinajstić information content (AvgIpc) is 2.27. The predicted molar refractivity (Wildman–Crippen MR) is 81.7 cm³/mol. The number of benzene rings is 1. The number of nitrogens with one attached hydrogen (secondary N) is 1. The van der Waals surface area contributed by atoms with Crippen LogP contribution in [0.25, 0.3) is 0 Å². The van der Waals surface area contributed by atoms with E-state index in [9.17, 15) is 13.2 Å². The van der Waals surface area contributed by atoms with Gasteiger partial charge in [0.2, 0.25) is 15.9 Å². The Hall–Kier alpha value is -1.27. The van der Waals surface area contributed by atoms with Crippen LogP contribution in [0.1, 0.15) is 19.4 Å². The van der Waals surface area contributed by atoms with E-state index in [1.165, 1.54) is 0 Å². The maximum atomic E-state index is 11.9. The van der Waals surface area contributed by atoms with Gasteiger partial charge in [-0.05, 0) is 38.5 Å². The second kappa shape index (κ2) is 6.45. The number of halogens is 1. The third-order valence-electron chi connectivity index (χ3n) is 2.58. The molecule has 20 heavy (non-hydrogen) atoms. The zero-order valence-electron chi connectivity index (χ0n) is 12.0. The lowest BCUT2D eigenvalue weighted by atomic mass is 10.2. The Balaban J connectivity index is 3.14. The zero-order valence-corrected chi connectivity index (χ0v) is 13.5. The zero-order chi connectivity index (χ0) is 15.5. The Morgan fingerprint density at radius 3 is 2.50 bits per heavy atom. The number of carbonyl (C=O) groups is 1. The van der Waals surface area contributed by atoms with Gasteiger partial charge in [-0.15, -0.1) is 0 Å². The summed E-state index contributed by atoms with van der Waals surface area (Å²) >= 11 is 5.91. The van der Waals surface area contributed by atoms with Gasteiger partial charge in [-0.3, -0.25) is 9.10 Å². The van der Waals surface area contributed by atoms with Crippen LogP contribution in [0.4, 0.5) is 5.69 Å². The van der Waals surface area contributed by atoms with E-state index >= 15 is 0 Å². The molecule has 5 nitrogen and oxygen atoms in total. The number of anilines is 1. The second-order valence-corrected chi connectivity index (χ2v) is 7.27. The van der Waals surface area contributed by atoms with Gasteiger partial charge in [0.15, 0.2) is 0 Å². The van der Waals surface area contributed by atoms with E-state index in [0.29, 0.717) is 10.7 Å². The van der Waals surface area contributed by atoms with Gasteiger partial charge in [0.25, 0.3) is 0 Å². The molecule has 1 rings (SSSR count). The first-order chi connectivity index (χ1) is 9.11. The lowest BCUT2D eigenvalue weighted by Crippen LogP contribution is -2.42. The highest BCUT2D eigenvalue weighted by atomic mass is 35.5. The Labute approximate surface area is 125 Å². The smallest absolute Gasteiger partial charge is 0.240 e. The molecule has 0 radical (unpaired) electrons. The molecular formula is C13H19ClN2O3S. The molecule has 0 spiro atoms. The van der Waals surface area contributed by atoms with Crippen molar-refractivity contribution in [2.45, 2.75) is 26.8 Å². The summed E-state index contributed by atoms with van der Waals surface area (Å²) in [7, 11) is -3.57. The molecule has 1 N–H and O–H groups in total. The van der Waals surface area contributed by atoms with Crippen molar-refractivity contribution in [3.63, 3.8) is 0 Å². The third kappa shape index (κ3) is 4.68. The summed E-state index contributed by atoms with van der Waals surface area (Å²) < 4.78 is 24.9. The van der Waals surface area contributed by atoms with Crippen molar-refractivity contribution in [2.24, 2.45) is 0 Å². The summed E-state index contributed by atoms with van der Waals surface area (Å²) in [4.78, 5) is 11.8. The molecule has 0 fully saturated rings. The van der Waals surface area contributed by atoms with Gasteiger partial charge in [0.05, 0.1) is 11.9 Å². The fourth-order valence-corrected chi connectivity index (χ4v) is 2.80. The molecule has 1 aromatic rings. The molecule has 0 atom stereocenters. The SMILES string of the molecule is Cc1ccc(Cl)cc1N(CC(=O)NC(C)C)S(C)(=O)=O. The monoisotopic (exact) mass is 318 g/mol. The van der Waals surface area contributed by atoms with Crippen LogP contribution in [0.3, 0.4) is 0 Å². The van der Waals surface area contributed by atoms with Crippen LogP contribution in [0, 0.1) is 6.92 Å². The summed E-state index contributed by atoms with van der Waals surface area (Å²) in [6.45, 7) is 5.13. The molecule has 0 saturated carbocycles. The molecule has 0 unspecified atom stereocenters. The lowest BCUT2D eigenvalue weighted by molar-refractivity contribution is -0.120. The summed E-state index contributed by atoms with van der Waals surface area (Å²) in [5, 5.41) is 3.09. The van der Waals surface area contributed by atoms with E-state index in [4.69, 9.17) is 11.6 Å². The highest BCUT2D eigenvalue weighted by Gasteiger charge is 2.22. The molecule has 0 aromatic heterocycles. The van der Waals surface area contributed by atoms with E-state index in [2.05, 4.69) is 5.32 Å². The number of rotatable bonds is 5. The highest BCUT2D eigenvalue weighted by molar-refractivity contribution is 7.92. The van der Waals surface area contributed by atoms with Crippen molar-refractivity contribution in [2.75, 3.05) is 17.1 Å². The minimum Gasteiger partial charge on any atom is -0.352 e. The first-order valence-electron chi connectivity index (χ1n) is 6.14. The summed E-state index contributed by atoms with van der Waals surface area (Å²) in [5.41, 5.74) is 1.15. The Morgan fingerprint density at radius 1 is 1.40 bits per heavy atom. The van der Waals surface area contributed by atoms with E-state index < -0.39 is 10.0 Å². The topological polar surface area (TPSA) is 66.5 Å². The van der Waals surface area contributed by atoms with Gasteiger partial charge in [-0.1, -0.05) is 17.7 Å². The number of hydrogen-bond acceptors (Lipinski definition) is 3. The van der Waals surface area contributed by atoms with E-state index in [-0.39, 0.29) is 18.5 Å². The predicted octanol–water partition coefficient (Wildman–Crippen LogP) is 1.94. The van der Waals surface area contributed by atoms with Crippen molar-refractivity contribution in [3.05, 3.63) is 28.8 Å². The average molecular weight is 319 g/mol. The minimum absolute atomic E-state index is 0.0515. The number of sulfonamides is 1. The number of hydrogen-bond donors (Lipinski definition) is 1. The normalized spacial score (nSPS) is 11.5. The van der Waals surface area contributed by atoms with Gasteiger partial charge in [-0.25, -0.2) is 8.42 Å². The Kier molecular flexibility index (Phi) is 5.42. The molecule has 0 aliphatic heterocycles. The van der Waals surface area contributed by atoms with E-state index in [1.54, 1.807) is 25.1 Å². The van der Waals surface area contributed by atoms with Crippen LogP contribution in [0.15, 0.2) is 18.2 Å². The van der Waals surface area contributed by atoms with Gasteiger partial charge in [0, 0.05) is 11.1 Å². The van der Waals surface area contributed by atoms with Gasteiger partial charge in [0.1, 0.15) is 6.54 Å². The number of amides is 1. The molecule has 0 saturated heterocycles. The maximum absolute atomic E-state index is 11.9.